The van der Waals surface area contributed by atoms with Crippen LogP contribution in [0.3, 0.4) is 0 Å². The Morgan fingerprint density at radius 3 is 2.85 bits per heavy atom. The number of hydrogen-bond donors (Lipinski definition) is 0. The summed E-state index contributed by atoms with van der Waals surface area (Å²) in [4.78, 5) is 13.7. The van der Waals surface area contributed by atoms with Crippen molar-refractivity contribution in [3.63, 3.8) is 0 Å². The zero-order valence-electron chi connectivity index (χ0n) is 10.9. The zero-order valence-corrected chi connectivity index (χ0v) is 11.7. The molecule has 2 aromatic rings. The van der Waals surface area contributed by atoms with E-state index in [0.717, 1.165) is 11.5 Å². The van der Waals surface area contributed by atoms with Gasteiger partial charge in [0, 0.05) is 0 Å². The maximum Gasteiger partial charge on any atom is 0.234 e. The monoisotopic (exact) mass is 289 g/mol. The highest BCUT2D eigenvalue weighted by molar-refractivity contribution is 8.00. The van der Waals surface area contributed by atoms with Crippen LogP contribution in [0.5, 0.6) is 5.75 Å². The minimum absolute atomic E-state index is 0.0307. The molecule has 20 heavy (non-hydrogen) atoms. The van der Waals surface area contributed by atoms with Crippen LogP contribution < -0.4 is 4.74 Å². The molecule has 0 bridgehead atoms. The first kappa shape index (κ1) is 13.1. The number of hydrogen-bond acceptors (Lipinski definition) is 4. The average Bonchev–Trinajstić information content (AvgIpc) is 3.11. The second-order valence-corrected chi connectivity index (χ2v) is 5.50. The Labute approximate surface area is 121 Å². The first-order valence-electron chi connectivity index (χ1n) is 6.47. The molecular weight excluding hydrogens is 274 g/mol. The Hall–Kier alpha value is -1.88. The van der Waals surface area contributed by atoms with E-state index in [-0.39, 0.29) is 11.3 Å². The van der Waals surface area contributed by atoms with Crippen LogP contribution in [0.25, 0.3) is 0 Å². The van der Waals surface area contributed by atoms with Crippen molar-refractivity contribution < 1.29 is 13.9 Å². The van der Waals surface area contributed by atoms with Crippen LogP contribution in [0.2, 0.25) is 0 Å². The van der Waals surface area contributed by atoms with Gasteiger partial charge in [0.2, 0.25) is 5.91 Å². The van der Waals surface area contributed by atoms with Gasteiger partial charge in [0.15, 0.2) is 0 Å². The van der Waals surface area contributed by atoms with Crippen LogP contribution >= 0.6 is 11.8 Å². The fourth-order valence-corrected chi connectivity index (χ4v) is 3.31. The topological polar surface area (TPSA) is 42.7 Å². The third kappa shape index (κ3) is 2.82. The van der Waals surface area contributed by atoms with Gasteiger partial charge in [-0.2, -0.15) is 0 Å². The fourth-order valence-electron chi connectivity index (χ4n) is 2.14. The van der Waals surface area contributed by atoms with Crippen molar-refractivity contribution in [2.75, 3.05) is 18.9 Å². The molecule has 1 saturated heterocycles. The molecule has 1 aliphatic heterocycles. The number of para-hydroxylation sites is 1. The van der Waals surface area contributed by atoms with Gasteiger partial charge in [-0.25, -0.2) is 0 Å². The standard InChI is InChI=1S/C15H15NO3S/c17-14-11-20-15(13-7-4-9-19-13)16(14)8-10-18-12-5-2-1-3-6-12/h1-7,9,15H,8,10-11H2. The number of thioether (sulfide) groups is 1. The molecule has 0 aliphatic carbocycles. The van der Waals surface area contributed by atoms with Gasteiger partial charge in [-0.1, -0.05) is 18.2 Å². The Morgan fingerprint density at radius 2 is 2.10 bits per heavy atom. The summed E-state index contributed by atoms with van der Waals surface area (Å²) in [6.07, 6.45) is 1.64. The van der Waals surface area contributed by atoms with Crippen molar-refractivity contribution in [1.29, 1.82) is 0 Å². The molecule has 104 valence electrons. The summed E-state index contributed by atoms with van der Waals surface area (Å²) in [7, 11) is 0. The van der Waals surface area contributed by atoms with Crippen LogP contribution in [0.15, 0.2) is 53.1 Å². The lowest BCUT2D eigenvalue weighted by molar-refractivity contribution is -0.128. The molecule has 5 heteroatoms. The number of nitrogens with zero attached hydrogens (tertiary/aromatic N) is 1. The Morgan fingerprint density at radius 1 is 1.25 bits per heavy atom. The van der Waals surface area contributed by atoms with E-state index >= 15 is 0 Å². The van der Waals surface area contributed by atoms with E-state index in [9.17, 15) is 4.79 Å². The van der Waals surface area contributed by atoms with Crippen molar-refractivity contribution in [1.82, 2.24) is 4.90 Å². The second-order valence-electron chi connectivity index (χ2n) is 4.43. The summed E-state index contributed by atoms with van der Waals surface area (Å²) >= 11 is 1.59. The number of benzene rings is 1. The largest absolute Gasteiger partial charge is 0.492 e. The van der Waals surface area contributed by atoms with Crippen molar-refractivity contribution in [2.45, 2.75) is 5.37 Å². The average molecular weight is 289 g/mol. The molecule has 0 spiro atoms. The van der Waals surface area contributed by atoms with E-state index in [1.165, 1.54) is 0 Å². The third-order valence-corrected chi connectivity index (χ3v) is 4.31. The molecule has 0 saturated carbocycles. The molecule has 0 radical (unpaired) electrons. The number of carbonyl (C=O) groups excluding carboxylic acids is 1. The molecule has 1 aromatic carbocycles. The molecule has 3 rings (SSSR count). The van der Waals surface area contributed by atoms with Gasteiger partial charge in [0.1, 0.15) is 23.5 Å². The van der Waals surface area contributed by atoms with E-state index in [0.29, 0.717) is 18.9 Å². The molecule has 2 heterocycles. The van der Waals surface area contributed by atoms with Crippen molar-refractivity contribution in [3.8, 4) is 5.75 Å². The van der Waals surface area contributed by atoms with Gasteiger partial charge < -0.3 is 14.1 Å². The molecule has 1 atom stereocenters. The summed E-state index contributed by atoms with van der Waals surface area (Å²) in [5.74, 6) is 2.27. The van der Waals surface area contributed by atoms with Gasteiger partial charge in [-0.05, 0) is 24.3 Å². The van der Waals surface area contributed by atoms with Gasteiger partial charge >= 0.3 is 0 Å². The molecule has 0 N–H and O–H groups in total. The van der Waals surface area contributed by atoms with E-state index in [1.807, 2.05) is 47.4 Å². The normalized spacial score (nSPS) is 18.5. The van der Waals surface area contributed by atoms with Crippen molar-refractivity contribution >= 4 is 17.7 Å². The second kappa shape index (κ2) is 6.05. The summed E-state index contributed by atoms with van der Waals surface area (Å²) in [5, 5.41) is -0.0307. The molecule has 1 aliphatic rings. The first-order valence-corrected chi connectivity index (χ1v) is 7.52. The highest BCUT2D eigenvalue weighted by Gasteiger charge is 2.34. The smallest absolute Gasteiger partial charge is 0.234 e. The zero-order chi connectivity index (χ0) is 13.8. The number of amides is 1. The lowest BCUT2D eigenvalue weighted by atomic mass is 10.3. The van der Waals surface area contributed by atoms with E-state index < -0.39 is 0 Å². The van der Waals surface area contributed by atoms with E-state index in [2.05, 4.69) is 0 Å². The quantitative estimate of drug-likeness (QED) is 0.849. The molecule has 1 fully saturated rings. The maximum absolute atomic E-state index is 11.9. The van der Waals surface area contributed by atoms with E-state index in [4.69, 9.17) is 9.15 Å². The molecule has 4 nitrogen and oxygen atoms in total. The van der Waals surface area contributed by atoms with Crippen molar-refractivity contribution in [2.24, 2.45) is 0 Å². The van der Waals surface area contributed by atoms with Gasteiger partial charge in [0.25, 0.3) is 0 Å². The molecule has 1 amide bonds. The van der Waals surface area contributed by atoms with Gasteiger partial charge in [-0.3, -0.25) is 4.79 Å². The predicted molar refractivity (Wildman–Crippen MR) is 77.6 cm³/mol. The Kier molecular flexibility index (Phi) is 3.97. The minimum Gasteiger partial charge on any atom is -0.492 e. The SMILES string of the molecule is O=C1CSC(c2ccco2)N1CCOc1ccccc1. The van der Waals surface area contributed by atoms with Crippen LogP contribution in [0.4, 0.5) is 0 Å². The van der Waals surface area contributed by atoms with Crippen LogP contribution in [0.1, 0.15) is 11.1 Å². The lowest BCUT2D eigenvalue weighted by Gasteiger charge is -2.22. The van der Waals surface area contributed by atoms with Gasteiger partial charge in [-0.15, -0.1) is 11.8 Å². The molecular formula is C15H15NO3S. The summed E-state index contributed by atoms with van der Waals surface area (Å²) in [6.45, 7) is 1.04. The Balaban J connectivity index is 1.59. The molecule has 1 unspecified atom stereocenters. The highest BCUT2D eigenvalue weighted by Crippen LogP contribution is 2.38. The number of furan rings is 1. The minimum atomic E-state index is -0.0307. The van der Waals surface area contributed by atoms with E-state index in [1.54, 1.807) is 18.0 Å². The molecule has 1 aromatic heterocycles. The third-order valence-electron chi connectivity index (χ3n) is 3.10. The lowest BCUT2D eigenvalue weighted by Crippen LogP contribution is -2.32. The Bertz CT molecular complexity index is 556. The fraction of sp³-hybridized carbons (Fsp3) is 0.267. The number of rotatable bonds is 5. The summed E-state index contributed by atoms with van der Waals surface area (Å²) < 4.78 is 11.1. The van der Waals surface area contributed by atoms with Gasteiger partial charge in [0.05, 0.1) is 18.6 Å². The number of ether oxygens (including phenoxy) is 1. The summed E-state index contributed by atoms with van der Waals surface area (Å²) in [5.41, 5.74) is 0. The number of carbonyl (C=O) groups is 1. The van der Waals surface area contributed by atoms with Crippen LogP contribution in [-0.4, -0.2) is 29.7 Å². The summed E-state index contributed by atoms with van der Waals surface area (Å²) in [6, 6.07) is 13.4. The van der Waals surface area contributed by atoms with Crippen molar-refractivity contribution in [3.05, 3.63) is 54.5 Å². The highest BCUT2D eigenvalue weighted by atomic mass is 32.2. The first-order chi connectivity index (χ1) is 9.84. The van der Waals surface area contributed by atoms with Crippen LogP contribution in [0, 0.1) is 0 Å². The predicted octanol–water partition coefficient (Wildman–Crippen LogP) is 2.93. The maximum atomic E-state index is 11.9. The van der Waals surface area contributed by atoms with Crippen LogP contribution in [-0.2, 0) is 4.79 Å².